The van der Waals surface area contributed by atoms with E-state index in [2.05, 4.69) is 268 Å². The summed E-state index contributed by atoms with van der Waals surface area (Å²) in [6, 6.07) is 66.8. The molecule has 107 heavy (non-hydrogen) atoms. The van der Waals surface area contributed by atoms with Crippen molar-refractivity contribution in [2.45, 2.75) is 223 Å². The minimum Gasteiger partial charge on any atom is -0.457 e. The number of nitrogens with zero attached hydrogens (tertiary/aromatic N) is 6. The Hall–Kier alpha value is -10.2. The Morgan fingerprint density at radius 2 is 0.589 bits per heavy atom. The fraction of sp³-hybridized carbons (Fsp3) is 0.351. The predicted octanol–water partition coefficient (Wildman–Crippen LogP) is 24.9. The molecule has 550 valence electrons. The van der Waals surface area contributed by atoms with Crippen molar-refractivity contribution in [2.75, 3.05) is 0 Å². The standard InChI is InChI=1S/C97H108N6O4/c1-90(2,3)68-41-64(42-69(52-68)91(4,5)6)79-56-80(65-43-70(92(7,8)9)53-71(44-65)93(10,11)12)99-84(98-79)61-35-38-83(103-81-39-36-62(88(104)106-57-59-31-27-25-28-32-59)50-76(81)77-51-63(37-40-82(77)103)89(105)107-58-60-33-29-26-30-34-60)78(49-61)87-101-85(66-45-72(94(13,14)15)54-73(46-66)95(16,17)18)100-86(102-87)67-47-74(96(19,20)21)55-75(48-67)97(22,23)24/h25-56H,57-58H2,1-24H3. The summed E-state index contributed by atoms with van der Waals surface area (Å²) >= 11 is 0. The summed E-state index contributed by atoms with van der Waals surface area (Å²) in [6.45, 7) is 54.5. The summed E-state index contributed by atoms with van der Waals surface area (Å²) < 4.78 is 14.3. The van der Waals surface area contributed by atoms with E-state index < -0.39 is 11.9 Å². The van der Waals surface area contributed by atoms with Gasteiger partial charge >= 0.3 is 11.9 Å². The van der Waals surface area contributed by atoms with Gasteiger partial charge in [-0.1, -0.05) is 251 Å². The SMILES string of the molecule is CC(C)(C)c1cc(-c2cc(-c3cc(C(C)(C)C)cc(C(C)(C)C)c3)nc(-c3ccc(-n4c5ccc(C(=O)OCc6ccccc6)cc5c5cc(C(=O)OCc6ccccc6)ccc54)c(-c4nc(-c5cc(C(C)(C)C)cc(C(C)(C)C)c5)nc(-c5cc(C(C)(C)C)cc(C(C)(C)C)c5)n4)c3)n2)cc(C(C)(C)C)c1. The van der Waals surface area contributed by atoms with Crippen LogP contribution in [0.15, 0.2) is 194 Å². The fourth-order valence-corrected chi connectivity index (χ4v) is 13.4. The first-order valence-electron chi connectivity index (χ1n) is 37.8. The van der Waals surface area contributed by atoms with Crippen molar-refractivity contribution in [2.24, 2.45) is 0 Å². The van der Waals surface area contributed by atoms with Crippen LogP contribution in [0.25, 0.3) is 95.6 Å². The zero-order valence-electron chi connectivity index (χ0n) is 67.7. The Morgan fingerprint density at radius 3 is 0.907 bits per heavy atom. The van der Waals surface area contributed by atoms with Crippen LogP contribution in [-0.2, 0) is 66.0 Å². The predicted molar refractivity (Wildman–Crippen MR) is 443 cm³/mol. The van der Waals surface area contributed by atoms with Gasteiger partial charge in [0, 0.05) is 44.2 Å². The van der Waals surface area contributed by atoms with Crippen molar-refractivity contribution in [3.8, 4) is 73.8 Å². The zero-order valence-corrected chi connectivity index (χ0v) is 67.7. The minimum absolute atomic E-state index is 0.0924. The van der Waals surface area contributed by atoms with E-state index in [1.807, 2.05) is 97.1 Å². The molecule has 0 bridgehead atoms. The first kappa shape index (κ1) is 76.5. The Balaban J connectivity index is 1.21. The van der Waals surface area contributed by atoms with Crippen LogP contribution in [0.5, 0.6) is 0 Å². The highest BCUT2D eigenvalue weighted by atomic mass is 16.5. The molecular weight excluding hydrogens is 1310 g/mol. The summed E-state index contributed by atoms with van der Waals surface area (Å²) in [4.78, 5) is 57.5. The van der Waals surface area contributed by atoms with Crippen molar-refractivity contribution >= 4 is 33.7 Å². The number of hydrogen-bond donors (Lipinski definition) is 0. The third-order valence-electron chi connectivity index (χ3n) is 20.5. The molecule has 9 aromatic carbocycles. The molecule has 0 unspecified atom stereocenters. The highest BCUT2D eigenvalue weighted by molar-refractivity contribution is 6.13. The topological polar surface area (TPSA) is 122 Å². The number of ether oxygens (including phenoxy) is 2. The van der Waals surface area contributed by atoms with Gasteiger partial charge in [0.1, 0.15) is 13.2 Å². The summed E-state index contributed by atoms with van der Waals surface area (Å²) in [5.41, 5.74) is 19.2. The van der Waals surface area contributed by atoms with Gasteiger partial charge in [-0.3, -0.25) is 0 Å². The molecule has 10 nitrogen and oxygen atoms in total. The number of carbonyl (C=O) groups excluding carboxylic acids is 2. The maximum atomic E-state index is 14.4. The molecule has 0 saturated carbocycles. The Kier molecular flexibility index (Phi) is 20.1. The van der Waals surface area contributed by atoms with Crippen LogP contribution in [0.2, 0.25) is 0 Å². The van der Waals surface area contributed by atoms with Crippen molar-refractivity contribution < 1.29 is 19.1 Å². The largest absolute Gasteiger partial charge is 0.457 e. The summed E-state index contributed by atoms with van der Waals surface area (Å²) in [5.74, 6) is 0.976. The molecule has 0 aliphatic heterocycles. The van der Waals surface area contributed by atoms with Crippen molar-refractivity contribution in [3.05, 3.63) is 261 Å². The number of carbonyl (C=O) groups is 2. The lowest BCUT2D eigenvalue weighted by Gasteiger charge is -2.27. The lowest BCUT2D eigenvalue weighted by atomic mass is 9.79. The number of hydrogen-bond acceptors (Lipinski definition) is 9. The van der Waals surface area contributed by atoms with Crippen LogP contribution in [0.1, 0.15) is 243 Å². The average molecular weight is 1420 g/mol. The molecule has 10 heteroatoms. The zero-order chi connectivity index (χ0) is 77.5. The second-order valence-electron chi connectivity index (χ2n) is 37.6. The highest BCUT2D eigenvalue weighted by Crippen LogP contribution is 2.44. The fourth-order valence-electron chi connectivity index (χ4n) is 13.4. The van der Waals surface area contributed by atoms with E-state index in [1.54, 1.807) is 0 Å². The molecule has 0 radical (unpaired) electrons. The lowest BCUT2D eigenvalue weighted by molar-refractivity contribution is 0.0464. The second-order valence-corrected chi connectivity index (χ2v) is 37.6. The summed E-state index contributed by atoms with van der Waals surface area (Å²) in [5, 5.41) is 1.42. The summed E-state index contributed by atoms with van der Waals surface area (Å²) in [6.07, 6.45) is 0. The van der Waals surface area contributed by atoms with Gasteiger partial charge in [-0.05, 0) is 208 Å². The minimum atomic E-state index is -0.484. The Morgan fingerprint density at radius 1 is 0.290 bits per heavy atom. The first-order chi connectivity index (χ1) is 49.8. The molecule has 12 aromatic rings. The van der Waals surface area contributed by atoms with Crippen LogP contribution >= 0.6 is 0 Å². The van der Waals surface area contributed by atoms with Crippen LogP contribution < -0.4 is 0 Å². The molecule has 12 rings (SSSR count). The van der Waals surface area contributed by atoms with Crippen LogP contribution in [0, 0.1) is 0 Å². The average Bonchev–Trinajstić information content (AvgIpc) is 1.60. The van der Waals surface area contributed by atoms with Crippen molar-refractivity contribution in [3.63, 3.8) is 0 Å². The van der Waals surface area contributed by atoms with Gasteiger partial charge in [0.2, 0.25) is 0 Å². The molecule has 3 aromatic heterocycles. The molecule has 0 amide bonds. The Labute approximate surface area is 636 Å². The lowest BCUT2D eigenvalue weighted by Crippen LogP contribution is -2.17. The van der Waals surface area contributed by atoms with Gasteiger partial charge in [-0.25, -0.2) is 34.5 Å². The number of rotatable bonds is 13. The molecule has 3 heterocycles. The van der Waals surface area contributed by atoms with E-state index in [0.29, 0.717) is 56.4 Å². The van der Waals surface area contributed by atoms with Gasteiger partial charge in [0.25, 0.3) is 0 Å². The monoisotopic (exact) mass is 1420 g/mol. The maximum Gasteiger partial charge on any atom is 0.338 e. The van der Waals surface area contributed by atoms with Crippen LogP contribution in [0.3, 0.4) is 0 Å². The molecule has 0 aliphatic carbocycles. The maximum absolute atomic E-state index is 14.4. The van der Waals surface area contributed by atoms with Gasteiger partial charge in [0.15, 0.2) is 23.3 Å². The van der Waals surface area contributed by atoms with E-state index in [-0.39, 0.29) is 56.5 Å². The molecule has 0 fully saturated rings. The third-order valence-corrected chi connectivity index (χ3v) is 20.5. The van der Waals surface area contributed by atoms with E-state index in [4.69, 9.17) is 34.4 Å². The normalized spacial score (nSPS) is 12.8. The second kappa shape index (κ2) is 28.2. The van der Waals surface area contributed by atoms with Gasteiger partial charge < -0.3 is 14.0 Å². The quantitative estimate of drug-likeness (QED) is 0.104. The van der Waals surface area contributed by atoms with E-state index >= 15 is 0 Å². The molecule has 0 aliphatic rings. The smallest absolute Gasteiger partial charge is 0.338 e. The van der Waals surface area contributed by atoms with Crippen LogP contribution in [0.4, 0.5) is 0 Å². The summed E-state index contributed by atoms with van der Waals surface area (Å²) in [7, 11) is 0. The van der Waals surface area contributed by atoms with Gasteiger partial charge in [0.05, 0.1) is 39.2 Å². The molecule has 0 atom stereocenters. The molecule has 0 saturated heterocycles. The van der Waals surface area contributed by atoms with Gasteiger partial charge in [-0.2, -0.15) is 0 Å². The molecular formula is C97H108N6O4. The third kappa shape index (κ3) is 17.0. The Bertz CT molecular complexity index is 4960. The van der Waals surface area contributed by atoms with E-state index in [1.165, 1.54) is 22.3 Å². The van der Waals surface area contributed by atoms with Gasteiger partial charge in [-0.15, -0.1) is 0 Å². The number of fused-ring (bicyclic) bond motifs is 3. The van der Waals surface area contributed by atoms with Crippen molar-refractivity contribution in [1.82, 2.24) is 29.5 Å². The number of esters is 2. The van der Waals surface area contributed by atoms with Crippen LogP contribution in [-0.4, -0.2) is 41.4 Å². The molecule has 0 spiro atoms. The number of aromatic nitrogens is 6. The number of benzene rings is 9. The van der Waals surface area contributed by atoms with E-state index in [0.717, 1.165) is 83.6 Å². The first-order valence-corrected chi connectivity index (χ1v) is 37.8. The van der Waals surface area contributed by atoms with Crippen molar-refractivity contribution in [1.29, 1.82) is 0 Å². The highest BCUT2D eigenvalue weighted by Gasteiger charge is 2.31. The van der Waals surface area contributed by atoms with E-state index in [9.17, 15) is 9.59 Å². The molecule has 0 N–H and O–H groups in total.